The normalized spacial score (nSPS) is 10.1. The van der Waals surface area contributed by atoms with Crippen molar-refractivity contribution in [3.8, 4) is 0 Å². The van der Waals surface area contributed by atoms with Crippen molar-refractivity contribution >= 4 is 45.1 Å². The van der Waals surface area contributed by atoms with Gasteiger partial charge in [0.2, 0.25) is 0 Å². The zero-order valence-corrected chi connectivity index (χ0v) is 13.9. The van der Waals surface area contributed by atoms with Crippen molar-refractivity contribution in [2.75, 3.05) is 11.9 Å². The Morgan fingerprint density at radius 1 is 1.09 bits per heavy atom. The highest BCUT2D eigenvalue weighted by molar-refractivity contribution is 9.10. The molecular formula is C16H13BrClNO3. The van der Waals surface area contributed by atoms with E-state index in [-0.39, 0.29) is 13.0 Å². The molecule has 114 valence electrons. The molecule has 0 heterocycles. The van der Waals surface area contributed by atoms with Gasteiger partial charge in [0.05, 0.1) is 12.1 Å². The number of halogens is 2. The van der Waals surface area contributed by atoms with Crippen LogP contribution in [0.4, 0.5) is 5.69 Å². The lowest BCUT2D eigenvalue weighted by Crippen LogP contribution is -2.21. The highest BCUT2D eigenvalue weighted by Gasteiger charge is 2.11. The Labute approximate surface area is 141 Å². The van der Waals surface area contributed by atoms with Crippen LogP contribution in [0.1, 0.15) is 5.56 Å². The average molecular weight is 383 g/mol. The maximum atomic E-state index is 11.8. The first-order valence-electron chi connectivity index (χ1n) is 6.49. The van der Waals surface area contributed by atoms with Gasteiger partial charge in [-0.3, -0.25) is 9.59 Å². The van der Waals surface area contributed by atoms with Crippen molar-refractivity contribution < 1.29 is 14.3 Å². The third-order valence-corrected chi connectivity index (χ3v) is 3.87. The summed E-state index contributed by atoms with van der Waals surface area (Å²) in [6.45, 7) is -0.343. The fraction of sp³-hybridized carbons (Fsp3) is 0.125. The van der Waals surface area contributed by atoms with Gasteiger partial charge < -0.3 is 10.1 Å². The number of hydrogen-bond donors (Lipinski definition) is 1. The van der Waals surface area contributed by atoms with E-state index in [1.54, 1.807) is 42.5 Å². The monoisotopic (exact) mass is 381 g/mol. The molecule has 0 saturated carbocycles. The Kier molecular flexibility index (Phi) is 5.98. The molecule has 0 spiro atoms. The van der Waals surface area contributed by atoms with Crippen molar-refractivity contribution in [1.29, 1.82) is 0 Å². The Hall–Kier alpha value is -1.85. The van der Waals surface area contributed by atoms with Crippen LogP contribution in [-0.4, -0.2) is 18.5 Å². The van der Waals surface area contributed by atoms with Crippen LogP contribution < -0.4 is 5.32 Å². The van der Waals surface area contributed by atoms with Gasteiger partial charge in [0.25, 0.3) is 5.91 Å². The largest absolute Gasteiger partial charge is 0.455 e. The predicted molar refractivity (Wildman–Crippen MR) is 88.9 cm³/mol. The summed E-state index contributed by atoms with van der Waals surface area (Å²) in [5.41, 5.74) is 1.29. The molecule has 0 saturated heterocycles. The summed E-state index contributed by atoms with van der Waals surface area (Å²) in [5, 5.41) is 3.15. The maximum absolute atomic E-state index is 11.8. The van der Waals surface area contributed by atoms with Gasteiger partial charge in [-0.25, -0.2) is 0 Å². The molecule has 0 unspecified atom stereocenters. The van der Waals surface area contributed by atoms with Gasteiger partial charge in [-0.05, 0) is 39.7 Å². The highest BCUT2D eigenvalue weighted by atomic mass is 79.9. The molecule has 0 aliphatic rings. The van der Waals surface area contributed by atoms with E-state index in [9.17, 15) is 9.59 Å². The number of rotatable bonds is 5. The zero-order chi connectivity index (χ0) is 15.9. The van der Waals surface area contributed by atoms with Crippen LogP contribution in [0.15, 0.2) is 53.0 Å². The minimum absolute atomic E-state index is 0.0297. The molecule has 2 aromatic rings. The summed E-state index contributed by atoms with van der Waals surface area (Å²) in [5.74, 6) is -0.908. The lowest BCUT2D eigenvalue weighted by atomic mass is 10.1. The minimum atomic E-state index is -0.504. The predicted octanol–water partition coefficient (Wildman–Crippen LogP) is 3.83. The summed E-state index contributed by atoms with van der Waals surface area (Å²) in [6.07, 6.45) is 0.0297. The van der Waals surface area contributed by atoms with Crippen molar-refractivity contribution in [1.82, 2.24) is 0 Å². The van der Waals surface area contributed by atoms with Crippen LogP contribution in [-0.2, 0) is 20.7 Å². The van der Waals surface area contributed by atoms with E-state index < -0.39 is 11.9 Å². The van der Waals surface area contributed by atoms with Crippen LogP contribution in [0.5, 0.6) is 0 Å². The molecule has 0 aliphatic heterocycles. The molecule has 0 aliphatic carbocycles. The van der Waals surface area contributed by atoms with E-state index in [0.29, 0.717) is 16.3 Å². The summed E-state index contributed by atoms with van der Waals surface area (Å²) < 4.78 is 5.71. The second kappa shape index (κ2) is 7.96. The van der Waals surface area contributed by atoms with Gasteiger partial charge in [-0.2, -0.15) is 0 Å². The number of hydrogen-bond acceptors (Lipinski definition) is 3. The SMILES string of the molecule is O=C(COC(=O)Cc1ccccc1Cl)Nc1ccccc1Br. The third kappa shape index (κ3) is 4.86. The molecule has 6 heteroatoms. The van der Waals surface area contributed by atoms with E-state index >= 15 is 0 Å². The van der Waals surface area contributed by atoms with Crippen molar-refractivity contribution in [2.24, 2.45) is 0 Å². The van der Waals surface area contributed by atoms with Crippen LogP contribution in [0, 0.1) is 0 Å². The molecule has 1 N–H and O–H groups in total. The zero-order valence-electron chi connectivity index (χ0n) is 11.5. The summed E-state index contributed by atoms with van der Waals surface area (Å²) in [6, 6.07) is 14.2. The Morgan fingerprint density at radius 3 is 2.50 bits per heavy atom. The molecule has 0 aromatic heterocycles. The number of para-hydroxylation sites is 1. The Bertz CT molecular complexity index is 631. The summed E-state index contributed by atoms with van der Waals surface area (Å²) in [4.78, 5) is 23.5. The van der Waals surface area contributed by atoms with Crippen LogP contribution >= 0.6 is 27.5 Å². The van der Waals surface area contributed by atoms with Gasteiger partial charge in [-0.1, -0.05) is 41.9 Å². The molecule has 0 radical (unpaired) electrons. The fourth-order valence-corrected chi connectivity index (χ4v) is 2.33. The van der Waals surface area contributed by atoms with E-state index in [2.05, 4.69) is 21.2 Å². The molecule has 0 bridgehead atoms. The van der Waals surface area contributed by atoms with Crippen LogP contribution in [0.3, 0.4) is 0 Å². The second-order valence-corrected chi connectivity index (χ2v) is 5.72. The van der Waals surface area contributed by atoms with Crippen molar-refractivity contribution in [3.05, 3.63) is 63.6 Å². The fourth-order valence-electron chi connectivity index (χ4n) is 1.74. The Balaban J connectivity index is 1.82. The number of amides is 1. The van der Waals surface area contributed by atoms with E-state index in [1.165, 1.54) is 0 Å². The lowest BCUT2D eigenvalue weighted by Gasteiger charge is -2.08. The molecule has 1 amide bonds. The first-order chi connectivity index (χ1) is 10.6. The number of carbonyl (C=O) groups excluding carboxylic acids is 2. The first kappa shape index (κ1) is 16.5. The molecule has 22 heavy (non-hydrogen) atoms. The third-order valence-electron chi connectivity index (χ3n) is 2.80. The summed E-state index contributed by atoms with van der Waals surface area (Å²) >= 11 is 9.28. The highest BCUT2D eigenvalue weighted by Crippen LogP contribution is 2.21. The number of esters is 1. The van der Waals surface area contributed by atoms with Crippen LogP contribution in [0.25, 0.3) is 0 Å². The maximum Gasteiger partial charge on any atom is 0.310 e. The van der Waals surface area contributed by atoms with Gasteiger partial charge in [0.1, 0.15) is 0 Å². The summed E-state index contributed by atoms with van der Waals surface area (Å²) in [7, 11) is 0. The number of anilines is 1. The topological polar surface area (TPSA) is 55.4 Å². The van der Waals surface area contributed by atoms with Crippen molar-refractivity contribution in [3.63, 3.8) is 0 Å². The van der Waals surface area contributed by atoms with Gasteiger partial charge in [0.15, 0.2) is 6.61 Å². The first-order valence-corrected chi connectivity index (χ1v) is 7.67. The van der Waals surface area contributed by atoms with Gasteiger partial charge >= 0.3 is 5.97 Å². The number of carbonyl (C=O) groups is 2. The van der Waals surface area contributed by atoms with E-state index in [1.807, 2.05) is 6.07 Å². The number of ether oxygens (including phenoxy) is 1. The average Bonchev–Trinajstić information content (AvgIpc) is 2.50. The standard InChI is InChI=1S/C16H13BrClNO3/c17-12-6-2-4-8-14(12)19-15(20)10-22-16(21)9-11-5-1-3-7-13(11)18/h1-8H,9-10H2,(H,19,20). The van der Waals surface area contributed by atoms with Gasteiger partial charge in [-0.15, -0.1) is 0 Å². The smallest absolute Gasteiger partial charge is 0.310 e. The number of nitrogens with one attached hydrogen (secondary N) is 1. The molecule has 4 nitrogen and oxygen atoms in total. The molecule has 0 fully saturated rings. The molecule has 2 aromatic carbocycles. The quantitative estimate of drug-likeness (QED) is 0.800. The second-order valence-electron chi connectivity index (χ2n) is 4.46. The van der Waals surface area contributed by atoms with E-state index in [4.69, 9.17) is 16.3 Å². The Morgan fingerprint density at radius 2 is 1.77 bits per heavy atom. The minimum Gasteiger partial charge on any atom is -0.455 e. The van der Waals surface area contributed by atoms with Gasteiger partial charge in [0, 0.05) is 9.50 Å². The van der Waals surface area contributed by atoms with Crippen LogP contribution in [0.2, 0.25) is 5.02 Å². The molecule has 2 rings (SSSR count). The number of benzene rings is 2. The van der Waals surface area contributed by atoms with E-state index in [0.717, 1.165) is 4.47 Å². The lowest BCUT2D eigenvalue weighted by molar-refractivity contribution is -0.146. The molecule has 0 atom stereocenters. The van der Waals surface area contributed by atoms with Crippen molar-refractivity contribution in [2.45, 2.75) is 6.42 Å². The molecular weight excluding hydrogens is 370 g/mol.